The number of rotatable bonds is 5. The van der Waals surface area contributed by atoms with Crippen LogP contribution in [-0.2, 0) is 14.6 Å². The van der Waals surface area contributed by atoms with Crippen LogP contribution in [-0.4, -0.2) is 57.7 Å². The van der Waals surface area contributed by atoms with E-state index in [1.54, 1.807) is 0 Å². The summed E-state index contributed by atoms with van der Waals surface area (Å²) in [5.41, 5.74) is 0. The van der Waals surface area contributed by atoms with Crippen LogP contribution in [0.2, 0.25) is 0 Å². The number of ether oxygens (including phenoxy) is 1. The second kappa shape index (κ2) is 7.46. The van der Waals surface area contributed by atoms with Gasteiger partial charge < -0.3 is 15.4 Å². The largest absolute Gasteiger partial charge is 0.381 e. The Labute approximate surface area is 133 Å². The molecular weight excluding hydrogens is 302 g/mol. The molecule has 0 bridgehead atoms. The maximum atomic E-state index is 12.2. The van der Waals surface area contributed by atoms with Crippen LogP contribution in [0.5, 0.6) is 0 Å². The number of nitrogens with one attached hydrogen (secondary N) is 2. The topological polar surface area (TPSA) is 79.8 Å². The number of sulfone groups is 1. The van der Waals surface area contributed by atoms with E-state index in [0.29, 0.717) is 38.1 Å². The number of hydrogen-bond acceptors (Lipinski definition) is 4. The summed E-state index contributed by atoms with van der Waals surface area (Å²) in [5.74, 6) is 0.700. The SMILES string of the molecule is CCNC(=NCC1(S(C)(=O)=O)CCOCC1)NC1CC=CC1. The van der Waals surface area contributed by atoms with E-state index in [0.717, 1.165) is 19.4 Å². The van der Waals surface area contributed by atoms with Gasteiger partial charge in [0.1, 0.15) is 0 Å². The highest BCUT2D eigenvalue weighted by Gasteiger charge is 2.42. The third-order valence-corrected chi connectivity index (χ3v) is 6.52. The quantitative estimate of drug-likeness (QED) is 0.444. The Morgan fingerprint density at radius 3 is 2.50 bits per heavy atom. The molecule has 1 aliphatic carbocycles. The van der Waals surface area contributed by atoms with Crippen LogP contribution in [0.3, 0.4) is 0 Å². The minimum absolute atomic E-state index is 0.282. The lowest BCUT2D eigenvalue weighted by atomic mass is 9.99. The summed E-state index contributed by atoms with van der Waals surface area (Å²) in [5, 5.41) is 6.58. The molecule has 0 aromatic heterocycles. The molecule has 126 valence electrons. The Morgan fingerprint density at radius 2 is 1.95 bits per heavy atom. The molecule has 0 aromatic carbocycles. The van der Waals surface area contributed by atoms with Gasteiger partial charge in [0.2, 0.25) is 0 Å². The number of hydrogen-bond donors (Lipinski definition) is 2. The molecule has 1 heterocycles. The van der Waals surface area contributed by atoms with Crippen molar-refractivity contribution >= 4 is 15.8 Å². The normalized spacial score (nSPS) is 22.7. The van der Waals surface area contributed by atoms with Crippen LogP contribution in [0.15, 0.2) is 17.1 Å². The van der Waals surface area contributed by atoms with Gasteiger partial charge in [-0.25, -0.2) is 8.42 Å². The monoisotopic (exact) mass is 329 g/mol. The van der Waals surface area contributed by atoms with Crippen molar-refractivity contribution in [2.45, 2.75) is 43.4 Å². The van der Waals surface area contributed by atoms with E-state index in [9.17, 15) is 8.42 Å². The molecule has 0 aromatic rings. The van der Waals surface area contributed by atoms with Gasteiger partial charge in [0.25, 0.3) is 0 Å². The predicted molar refractivity (Wildman–Crippen MR) is 88.9 cm³/mol. The van der Waals surface area contributed by atoms with Gasteiger partial charge in [0.05, 0.1) is 11.3 Å². The fourth-order valence-electron chi connectivity index (χ4n) is 2.86. The van der Waals surface area contributed by atoms with Crippen LogP contribution in [0.1, 0.15) is 32.6 Å². The fraction of sp³-hybridized carbons (Fsp3) is 0.800. The highest BCUT2D eigenvalue weighted by Crippen LogP contribution is 2.29. The van der Waals surface area contributed by atoms with Gasteiger partial charge in [-0.05, 0) is 32.6 Å². The van der Waals surface area contributed by atoms with Crippen molar-refractivity contribution in [3.8, 4) is 0 Å². The molecule has 7 heteroatoms. The summed E-state index contributed by atoms with van der Waals surface area (Å²) in [6, 6.07) is 0.349. The minimum Gasteiger partial charge on any atom is -0.381 e. The van der Waals surface area contributed by atoms with Crippen molar-refractivity contribution < 1.29 is 13.2 Å². The summed E-state index contributed by atoms with van der Waals surface area (Å²) >= 11 is 0. The first-order valence-electron chi connectivity index (χ1n) is 7.94. The molecule has 0 unspecified atom stereocenters. The number of guanidine groups is 1. The summed E-state index contributed by atoms with van der Waals surface area (Å²) < 4.78 is 29.0. The zero-order valence-electron chi connectivity index (χ0n) is 13.5. The molecule has 2 rings (SSSR count). The Balaban J connectivity index is 2.08. The van der Waals surface area contributed by atoms with Gasteiger partial charge in [0.15, 0.2) is 15.8 Å². The van der Waals surface area contributed by atoms with E-state index in [1.165, 1.54) is 6.26 Å². The van der Waals surface area contributed by atoms with Gasteiger partial charge in [0, 0.05) is 32.1 Å². The molecule has 1 aliphatic heterocycles. The van der Waals surface area contributed by atoms with Crippen molar-refractivity contribution in [3.63, 3.8) is 0 Å². The first-order valence-corrected chi connectivity index (χ1v) is 9.83. The van der Waals surface area contributed by atoms with E-state index in [1.807, 2.05) is 6.92 Å². The van der Waals surface area contributed by atoms with E-state index in [4.69, 9.17) is 4.74 Å². The van der Waals surface area contributed by atoms with E-state index in [-0.39, 0.29) is 6.54 Å². The lowest BCUT2D eigenvalue weighted by Gasteiger charge is -2.34. The highest BCUT2D eigenvalue weighted by atomic mass is 32.2. The molecule has 0 spiro atoms. The second-order valence-electron chi connectivity index (χ2n) is 6.05. The molecule has 0 saturated carbocycles. The average molecular weight is 329 g/mol. The van der Waals surface area contributed by atoms with Gasteiger partial charge >= 0.3 is 0 Å². The van der Waals surface area contributed by atoms with Crippen LogP contribution in [0.25, 0.3) is 0 Å². The maximum absolute atomic E-state index is 12.2. The van der Waals surface area contributed by atoms with Crippen molar-refractivity contribution in [1.82, 2.24) is 10.6 Å². The Kier molecular flexibility index (Phi) is 5.86. The van der Waals surface area contributed by atoms with Gasteiger partial charge in [-0.15, -0.1) is 0 Å². The van der Waals surface area contributed by atoms with Crippen molar-refractivity contribution in [2.75, 3.05) is 32.6 Å². The first-order chi connectivity index (χ1) is 10.5. The second-order valence-corrected chi connectivity index (χ2v) is 8.46. The summed E-state index contributed by atoms with van der Waals surface area (Å²) in [7, 11) is -3.18. The van der Waals surface area contributed by atoms with Crippen molar-refractivity contribution in [1.29, 1.82) is 0 Å². The highest BCUT2D eigenvalue weighted by molar-refractivity contribution is 7.92. The molecular formula is C15H27N3O3S. The molecule has 0 radical (unpaired) electrons. The van der Waals surface area contributed by atoms with Gasteiger partial charge in [-0.1, -0.05) is 12.2 Å². The van der Waals surface area contributed by atoms with Gasteiger partial charge in [-0.3, -0.25) is 4.99 Å². The Morgan fingerprint density at radius 1 is 1.32 bits per heavy atom. The first kappa shape index (κ1) is 17.3. The van der Waals surface area contributed by atoms with Crippen LogP contribution in [0.4, 0.5) is 0 Å². The fourth-order valence-corrected chi connectivity index (χ4v) is 4.07. The maximum Gasteiger partial charge on any atom is 0.191 e. The predicted octanol–water partition coefficient (Wildman–Crippen LogP) is 0.854. The molecule has 1 saturated heterocycles. The van der Waals surface area contributed by atoms with Gasteiger partial charge in [-0.2, -0.15) is 0 Å². The average Bonchev–Trinajstić information content (AvgIpc) is 2.98. The Bertz CT molecular complexity index is 514. The molecule has 0 atom stereocenters. The van der Waals surface area contributed by atoms with E-state index < -0.39 is 14.6 Å². The van der Waals surface area contributed by atoms with E-state index in [2.05, 4.69) is 27.8 Å². The van der Waals surface area contributed by atoms with Crippen LogP contribution >= 0.6 is 0 Å². The smallest absolute Gasteiger partial charge is 0.191 e. The zero-order valence-corrected chi connectivity index (χ0v) is 14.3. The number of aliphatic imine (C=N–C) groups is 1. The molecule has 6 nitrogen and oxygen atoms in total. The lowest BCUT2D eigenvalue weighted by molar-refractivity contribution is 0.0768. The van der Waals surface area contributed by atoms with E-state index >= 15 is 0 Å². The zero-order chi connectivity index (χ0) is 16.1. The standard InChI is InChI=1S/C15H27N3O3S/c1-3-16-14(18-13-6-4-5-7-13)17-12-15(22(2,19)20)8-10-21-11-9-15/h4-5,13H,3,6-12H2,1-2H3,(H2,16,17,18). The third-order valence-electron chi connectivity index (χ3n) is 4.41. The molecule has 2 aliphatic rings. The third kappa shape index (κ3) is 4.23. The molecule has 22 heavy (non-hydrogen) atoms. The molecule has 0 amide bonds. The molecule has 1 fully saturated rings. The van der Waals surface area contributed by atoms with Crippen LogP contribution < -0.4 is 10.6 Å². The summed E-state index contributed by atoms with van der Waals surface area (Å²) in [6.45, 7) is 4.01. The molecule has 2 N–H and O–H groups in total. The van der Waals surface area contributed by atoms with Crippen LogP contribution in [0, 0.1) is 0 Å². The number of nitrogens with zero attached hydrogens (tertiary/aromatic N) is 1. The summed E-state index contributed by atoms with van der Waals surface area (Å²) in [4.78, 5) is 4.57. The lowest BCUT2D eigenvalue weighted by Crippen LogP contribution is -2.48. The van der Waals surface area contributed by atoms with Crippen molar-refractivity contribution in [3.05, 3.63) is 12.2 Å². The summed E-state index contributed by atoms with van der Waals surface area (Å²) in [6.07, 6.45) is 8.61. The Hall–Kier alpha value is -1.08. The van der Waals surface area contributed by atoms with Crippen molar-refractivity contribution in [2.24, 2.45) is 4.99 Å². The minimum atomic E-state index is -3.18.